The Morgan fingerprint density at radius 1 is 1.02 bits per heavy atom. The van der Waals surface area contributed by atoms with Gasteiger partial charge >= 0.3 is 17.9 Å². The summed E-state index contributed by atoms with van der Waals surface area (Å²) in [6, 6.07) is 5.39. The number of cyclic esters (lactones) is 1. The van der Waals surface area contributed by atoms with Crippen LogP contribution in [0.5, 0.6) is 0 Å². The van der Waals surface area contributed by atoms with Crippen LogP contribution in [0.15, 0.2) is 30.3 Å². The number of hydrogen-bond acceptors (Lipinski definition) is 13. The highest BCUT2D eigenvalue weighted by Crippen LogP contribution is 2.59. The van der Waals surface area contributed by atoms with E-state index in [1.54, 1.807) is 30.9 Å². The number of hydroxylamine groups is 2. The van der Waals surface area contributed by atoms with Gasteiger partial charge in [-0.1, -0.05) is 77.6 Å². The molecule has 318 valence electrons. The number of unbranched alkanes of at least 4 members (excludes halogenated alkanes) is 4. The summed E-state index contributed by atoms with van der Waals surface area (Å²) in [4.78, 5) is 76.3. The molecule has 6 fully saturated rings. The second-order valence-corrected chi connectivity index (χ2v) is 17.4. The summed E-state index contributed by atoms with van der Waals surface area (Å²) in [7, 11) is 0. The van der Waals surface area contributed by atoms with E-state index < -0.39 is 77.1 Å². The van der Waals surface area contributed by atoms with Crippen molar-refractivity contribution in [1.29, 1.82) is 0 Å². The zero-order valence-corrected chi connectivity index (χ0v) is 34.2. The molecule has 7 rings (SSSR count). The van der Waals surface area contributed by atoms with E-state index in [2.05, 4.69) is 19.2 Å². The lowest BCUT2D eigenvalue weighted by atomic mass is 9.62. The molecule has 1 saturated carbocycles. The van der Waals surface area contributed by atoms with Crippen LogP contribution < -0.4 is 5.32 Å². The van der Waals surface area contributed by atoms with E-state index in [-0.39, 0.29) is 44.5 Å². The van der Waals surface area contributed by atoms with Crippen LogP contribution in [0.25, 0.3) is 6.08 Å². The molecule has 5 aliphatic heterocycles. The van der Waals surface area contributed by atoms with Crippen molar-refractivity contribution >= 4 is 35.8 Å². The lowest BCUT2D eigenvalue weighted by molar-refractivity contribution is -0.225. The highest BCUT2D eigenvalue weighted by Gasteiger charge is 2.77. The highest BCUT2D eigenvalue weighted by molar-refractivity contribution is 5.96. The third-order valence-corrected chi connectivity index (χ3v) is 12.6. The van der Waals surface area contributed by atoms with Gasteiger partial charge in [-0.2, -0.15) is 5.06 Å². The minimum Gasteiger partial charge on any atom is -0.462 e. The fraction of sp³-hybridized carbons (Fsp3) is 0.698. The Hall–Kier alpha value is -3.89. The number of esters is 3. The molecule has 1 aliphatic carbocycles. The van der Waals surface area contributed by atoms with Crippen molar-refractivity contribution < 1.29 is 57.6 Å². The number of carbonyl (C=O) groups excluding carboxylic acids is 5. The molecule has 15 heteroatoms. The summed E-state index contributed by atoms with van der Waals surface area (Å²) in [6.07, 6.45) is 7.15. The minimum atomic E-state index is -1.44. The number of ether oxygens (including phenoxy) is 5. The quantitative estimate of drug-likeness (QED) is 0.101. The van der Waals surface area contributed by atoms with Crippen LogP contribution in [0.4, 0.5) is 0 Å². The number of fused-ring (bicyclic) bond motifs is 4. The summed E-state index contributed by atoms with van der Waals surface area (Å²) in [5.74, 6) is -3.49. The molecular weight excluding hydrogens is 750 g/mol. The summed E-state index contributed by atoms with van der Waals surface area (Å²) >= 11 is 0. The molecule has 5 heterocycles. The van der Waals surface area contributed by atoms with Gasteiger partial charge in [0.05, 0.1) is 13.2 Å². The maximum Gasteiger partial charge on any atom is 0.348 e. The van der Waals surface area contributed by atoms with Crippen molar-refractivity contribution in [2.75, 3.05) is 26.3 Å². The first kappa shape index (κ1) is 42.2. The molecule has 58 heavy (non-hydrogen) atoms. The van der Waals surface area contributed by atoms with Crippen molar-refractivity contribution in [3.63, 3.8) is 0 Å². The molecule has 15 nitrogen and oxygen atoms in total. The van der Waals surface area contributed by atoms with Gasteiger partial charge in [-0.05, 0) is 42.9 Å². The molecule has 0 aromatic heterocycles. The maximum absolute atomic E-state index is 15.3. The van der Waals surface area contributed by atoms with Crippen LogP contribution in [0.1, 0.15) is 109 Å². The van der Waals surface area contributed by atoms with Gasteiger partial charge in [0.15, 0.2) is 11.8 Å². The number of amides is 2. The predicted octanol–water partition coefficient (Wildman–Crippen LogP) is 3.73. The molecule has 2 N–H and O–H groups in total. The molecule has 0 spiro atoms. The number of nitrogens with one attached hydrogen (secondary N) is 1. The van der Waals surface area contributed by atoms with Crippen LogP contribution in [-0.4, -0.2) is 119 Å². The lowest BCUT2D eigenvalue weighted by Crippen LogP contribution is -2.70. The predicted molar refractivity (Wildman–Crippen MR) is 207 cm³/mol. The Labute approximate surface area is 340 Å². The fourth-order valence-corrected chi connectivity index (χ4v) is 9.75. The molecule has 5 saturated heterocycles. The number of carbonyl (C=O) groups is 5. The van der Waals surface area contributed by atoms with E-state index >= 15 is 4.79 Å². The van der Waals surface area contributed by atoms with Gasteiger partial charge in [0.2, 0.25) is 17.9 Å². The molecule has 0 unspecified atom stereocenters. The summed E-state index contributed by atoms with van der Waals surface area (Å²) in [5, 5.41) is 13.7. The Balaban J connectivity index is 1.19. The molecular formula is C43H59N3O12. The Morgan fingerprint density at radius 3 is 2.45 bits per heavy atom. The minimum absolute atomic E-state index is 0.0644. The van der Waals surface area contributed by atoms with Crippen molar-refractivity contribution in [2.24, 2.45) is 10.8 Å². The molecule has 1 aromatic carbocycles. The van der Waals surface area contributed by atoms with E-state index in [4.69, 9.17) is 28.5 Å². The second kappa shape index (κ2) is 17.4. The number of benzene rings is 1. The van der Waals surface area contributed by atoms with Crippen LogP contribution in [-0.2, 0) is 59.0 Å². The van der Waals surface area contributed by atoms with Crippen LogP contribution in [0.2, 0.25) is 0 Å². The Kier molecular flexibility index (Phi) is 12.7. The van der Waals surface area contributed by atoms with Crippen molar-refractivity contribution in [3.05, 3.63) is 41.5 Å². The first-order valence-electron chi connectivity index (χ1n) is 21.2. The highest BCUT2D eigenvalue weighted by atomic mass is 16.8. The SMILES string of the molecule is CCCCCC1(CCCCC)O[C@@H]2[C@H](O1)[C@H]1ON(Cc3cccc(C=CC(=O)O[C@H]4C(=O)OCC4(C)C)c3)[C@H]3C(=O)O[C@@H]2C[C@@]13C(=O)N1CCC[C@@H]1C(=O)NCCO. The molecule has 1 aromatic rings. The number of rotatable bonds is 17. The van der Waals surface area contributed by atoms with Gasteiger partial charge in [-0.3, -0.25) is 19.2 Å². The number of aliphatic hydroxyl groups excluding tert-OH is 1. The van der Waals surface area contributed by atoms with Gasteiger partial charge in [0.25, 0.3) is 0 Å². The van der Waals surface area contributed by atoms with Crippen LogP contribution >= 0.6 is 0 Å². The van der Waals surface area contributed by atoms with E-state index in [0.29, 0.717) is 37.8 Å². The van der Waals surface area contributed by atoms with Crippen molar-refractivity contribution in [2.45, 2.75) is 153 Å². The third kappa shape index (κ3) is 8.04. The zero-order chi connectivity index (χ0) is 41.2. The Bertz CT molecular complexity index is 1740. The zero-order valence-electron chi connectivity index (χ0n) is 34.2. The monoisotopic (exact) mass is 809 g/mol. The average molecular weight is 810 g/mol. The summed E-state index contributed by atoms with van der Waals surface area (Å²) < 4.78 is 30.6. The first-order valence-corrected chi connectivity index (χ1v) is 21.2. The molecule has 2 amide bonds. The first-order chi connectivity index (χ1) is 27.9. The van der Waals surface area contributed by atoms with E-state index in [0.717, 1.165) is 44.1 Å². The number of aliphatic hydroxyl groups is 1. The average Bonchev–Trinajstić information content (AvgIpc) is 3.98. The lowest BCUT2D eigenvalue weighted by Gasteiger charge is -2.50. The maximum atomic E-state index is 15.3. The standard InChI is InChI=1S/C43H59N3O12/c1-5-7-9-18-42(19-10-8-6-2)56-32-30-24-43(40(52)45-21-12-15-29(45)37(49)44-20-22-47)34(38(50)54-30)46(58-35(43)33(32)57-42)25-28-14-11-13-27(23-28)16-17-31(48)55-36-39(51)53-26-41(36,3)4/h11,13-14,16-17,23,29-30,32-36,47H,5-10,12,15,18-22,24-26H2,1-4H3,(H,44,49)/t29-,30-,32+,33+,34+,35-,36+,43+/m1/s1. The van der Waals surface area contributed by atoms with Gasteiger partial charge in [-0.25, -0.2) is 9.59 Å². The summed E-state index contributed by atoms with van der Waals surface area (Å²) in [6.45, 7) is 8.29. The fourth-order valence-electron chi connectivity index (χ4n) is 9.75. The van der Waals surface area contributed by atoms with Gasteiger partial charge in [-0.15, -0.1) is 0 Å². The number of likely N-dealkylation sites (tertiary alicyclic amines) is 1. The number of nitrogens with zero attached hydrogens (tertiary/aromatic N) is 2. The molecule has 0 radical (unpaired) electrons. The molecule has 8 atom stereocenters. The van der Waals surface area contributed by atoms with Crippen molar-refractivity contribution in [1.82, 2.24) is 15.3 Å². The topological polar surface area (TPSA) is 179 Å². The van der Waals surface area contributed by atoms with E-state index in [9.17, 15) is 24.3 Å². The molecule has 2 bridgehead atoms. The largest absolute Gasteiger partial charge is 0.462 e. The Morgan fingerprint density at radius 2 is 1.76 bits per heavy atom. The van der Waals surface area contributed by atoms with Gasteiger partial charge in [0.1, 0.15) is 42.5 Å². The summed E-state index contributed by atoms with van der Waals surface area (Å²) in [5.41, 5.74) is -0.704. The number of hydrogen-bond donors (Lipinski definition) is 2. The van der Waals surface area contributed by atoms with Crippen LogP contribution in [0.3, 0.4) is 0 Å². The van der Waals surface area contributed by atoms with E-state index in [1.807, 2.05) is 18.2 Å². The second-order valence-electron chi connectivity index (χ2n) is 17.4. The normalized spacial score (nSPS) is 31.9. The van der Waals surface area contributed by atoms with Crippen LogP contribution in [0, 0.1) is 10.8 Å². The smallest absolute Gasteiger partial charge is 0.348 e. The van der Waals surface area contributed by atoms with E-state index in [1.165, 1.54) is 11.1 Å². The van der Waals surface area contributed by atoms with Gasteiger partial charge in [0, 0.05) is 43.8 Å². The van der Waals surface area contributed by atoms with Gasteiger partial charge < -0.3 is 39.0 Å². The molecule has 6 aliphatic rings. The third-order valence-electron chi connectivity index (χ3n) is 12.6. The van der Waals surface area contributed by atoms with Crippen molar-refractivity contribution in [3.8, 4) is 0 Å².